The van der Waals surface area contributed by atoms with Gasteiger partial charge in [0.2, 0.25) is 0 Å². The predicted octanol–water partition coefficient (Wildman–Crippen LogP) is 3.25. The molecule has 1 fully saturated rings. The molecule has 1 aliphatic rings. The first-order valence-corrected chi connectivity index (χ1v) is 10.1. The van der Waals surface area contributed by atoms with Gasteiger partial charge in [-0.2, -0.15) is 0 Å². The topological polar surface area (TPSA) is 49.3 Å². The summed E-state index contributed by atoms with van der Waals surface area (Å²) in [4.78, 5) is 9.57. The summed E-state index contributed by atoms with van der Waals surface area (Å²) in [6.45, 7) is 9.11. The van der Waals surface area contributed by atoms with Gasteiger partial charge in [0.25, 0.3) is 0 Å². The van der Waals surface area contributed by atoms with Crippen LogP contribution >= 0.6 is 24.0 Å². The number of nitrogens with one attached hydrogen (secondary N) is 1. The highest BCUT2D eigenvalue weighted by Crippen LogP contribution is 2.28. The van der Waals surface area contributed by atoms with Crippen molar-refractivity contribution in [2.45, 2.75) is 39.2 Å². The monoisotopic (exact) mass is 504 g/mol. The number of rotatable bonds is 11. The van der Waals surface area contributed by atoms with Gasteiger partial charge in [-0.15, -0.1) is 24.0 Å². The number of halogens is 1. The van der Waals surface area contributed by atoms with Gasteiger partial charge < -0.3 is 19.7 Å². The lowest BCUT2D eigenvalue weighted by atomic mass is 10.1. The molecule has 0 heterocycles. The highest BCUT2D eigenvalue weighted by atomic mass is 127. The third-order valence-corrected chi connectivity index (χ3v) is 5.00. The van der Waals surface area contributed by atoms with Gasteiger partial charge in [0, 0.05) is 32.7 Å². The Morgan fingerprint density at radius 3 is 2.43 bits per heavy atom. The van der Waals surface area contributed by atoms with Crippen molar-refractivity contribution in [1.82, 2.24) is 15.1 Å². The molecule has 0 unspecified atom stereocenters. The molecule has 1 aliphatic carbocycles. The molecule has 0 spiro atoms. The number of aliphatic imine (C=N–C) groups is 1. The number of ether oxygens (including phenoxy) is 2. The van der Waals surface area contributed by atoms with Crippen LogP contribution in [0.2, 0.25) is 0 Å². The van der Waals surface area contributed by atoms with Crippen LogP contribution in [-0.2, 0) is 6.42 Å². The molecule has 1 saturated carbocycles. The van der Waals surface area contributed by atoms with E-state index in [0.717, 1.165) is 62.6 Å². The Morgan fingerprint density at radius 1 is 1.14 bits per heavy atom. The van der Waals surface area contributed by atoms with Crippen molar-refractivity contribution >= 4 is 29.9 Å². The van der Waals surface area contributed by atoms with Crippen LogP contribution in [0.4, 0.5) is 0 Å². The lowest BCUT2D eigenvalue weighted by molar-refractivity contribution is 0.285. The third-order valence-electron chi connectivity index (χ3n) is 5.00. The molecule has 0 atom stereocenters. The molecule has 0 bridgehead atoms. The van der Waals surface area contributed by atoms with Gasteiger partial charge in [-0.25, -0.2) is 0 Å². The first kappa shape index (κ1) is 24.8. The lowest BCUT2D eigenvalue weighted by Crippen LogP contribution is -2.40. The fraction of sp³-hybridized carbons (Fsp3) is 0.667. The zero-order valence-corrected chi connectivity index (χ0v) is 20.4. The first-order chi connectivity index (χ1) is 13.1. The molecule has 0 amide bonds. The van der Waals surface area contributed by atoms with Gasteiger partial charge in [-0.3, -0.25) is 9.89 Å². The van der Waals surface area contributed by atoms with E-state index in [1.807, 2.05) is 12.1 Å². The average Bonchev–Trinajstić information content (AvgIpc) is 3.53. The van der Waals surface area contributed by atoms with Crippen LogP contribution in [0.5, 0.6) is 11.5 Å². The van der Waals surface area contributed by atoms with E-state index in [1.165, 1.54) is 18.4 Å². The molecule has 0 saturated heterocycles. The predicted molar refractivity (Wildman–Crippen MR) is 128 cm³/mol. The number of methoxy groups -OCH3 is 2. The van der Waals surface area contributed by atoms with E-state index in [9.17, 15) is 0 Å². The van der Waals surface area contributed by atoms with Crippen molar-refractivity contribution in [2.24, 2.45) is 4.99 Å². The minimum Gasteiger partial charge on any atom is -0.493 e. The molecule has 6 nitrogen and oxygen atoms in total. The highest BCUT2D eigenvalue weighted by Gasteiger charge is 2.27. The maximum atomic E-state index is 5.40. The van der Waals surface area contributed by atoms with E-state index in [0.29, 0.717) is 0 Å². The van der Waals surface area contributed by atoms with E-state index in [4.69, 9.17) is 14.5 Å². The number of nitrogens with zero attached hydrogens (tertiary/aromatic N) is 3. The Labute approximate surface area is 187 Å². The van der Waals surface area contributed by atoms with Gasteiger partial charge in [0.05, 0.1) is 20.8 Å². The molecule has 28 heavy (non-hydrogen) atoms. The van der Waals surface area contributed by atoms with Gasteiger partial charge >= 0.3 is 0 Å². The standard InChI is InChI=1S/C21H36N4O2.HI/c1-6-22-21(23-13-15-25(7-2)18-9-10-18)24(3)14-12-17-8-11-19(26-4)20(16-17)27-5;/h8,11,16,18H,6-7,9-10,12-15H2,1-5H3,(H,22,23);1H. The van der Waals surface area contributed by atoms with Crippen LogP contribution in [0, 0.1) is 0 Å². The summed E-state index contributed by atoms with van der Waals surface area (Å²) < 4.78 is 10.7. The summed E-state index contributed by atoms with van der Waals surface area (Å²) in [7, 11) is 5.43. The molecule has 7 heteroatoms. The van der Waals surface area contributed by atoms with E-state index < -0.39 is 0 Å². The molecule has 1 aromatic carbocycles. The van der Waals surface area contributed by atoms with Gasteiger partial charge in [0.15, 0.2) is 17.5 Å². The van der Waals surface area contributed by atoms with Crippen molar-refractivity contribution in [3.05, 3.63) is 23.8 Å². The molecule has 160 valence electrons. The fourth-order valence-corrected chi connectivity index (χ4v) is 3.23. The van der Waals surface area contributed by atoms with Crippen LogP contribution in [-0.4, -0.2) is 75.8 Å². The Hall–Kier alpha value is -1.22. The normalized spacial score (nSPS) is 13.9. The van der Waals surface area contributed by atoms with Crippen LogP contribution in [0.1, 0.15) is 32.3 Å². The summed E-state index contributed by atoms with van der Waals surface area (Å²) in [6, 6.07) is 6.90. The molecule has 0 aromatic heterocycles. The second kappa shape index (κ2) is 13.1. The summed E-state index contributed by atoms with van der Waals surface area (Å²) in [5.41, 5.74) is 1.22. The van der Waals surface area contributed by atoms with Crippen molar-refractivity contribution in [3.8, 4) is 11.5 Å². The van der Waals surface area contributed by atoms with E-state index in [1.54, 1.807) is 14.2 Å². The van der Waals surface area contributed by atoms with E-state index in [2.05, 4.69) is 42.1 Å². The Bertz CT molecular complexity index is 608. The van der Waals surface area contributed by atoms with Gasteiger partial charge in [-0.1, -0.05) is 13.0 Å². The fourth-order valence-electron chi connectivity index (χ4n) is 3.23. The highest BCUT2D eigenvalue weighted by molar-refractivity contribution is 14.0. The summed E-state index contributed by atoms with van der Waals surface area (Å²) in [5, 5.41) is 3.41. The van der Waals surface area contributed by atoms with Crippen LogP contribution in [0.15, 0.2) is 23.2 Å². The first-order valence-electron chi connectivity index (χ1n) is 10.1. The minimum atomic E-state index is 0. The second-order valence-electron chi connectivity index (χ2n) is 6.96. The lowest BCUT2D eigenvalue weighted by Gasteiger charge is -2.23. The number of guanidine groups is 1. The Balaban J connectivity index is 0.00000392. The van der Waals surface area contributed by atoms with Gasteiger partial charge in [-0.05, 0) is 50.4 Å². The smallest absolute Gasteiger partial charge is 0.193 e. The van der Waals surface area contributed by atoms with Crippen molar-refractivity contribution < 1.29 is 9.47 Å². The van der Waals surface area contributed by atoms with E-state index in [-0.39, 0.29) is 24.0 Å². The minimum absolute atomic E-state index is 0. The van der Waals surface area contributed by atoms with Crippen molar-refractivity contribution in [2.75, 3.05) is 54.0 Å². The van der Waals surface area contributed by atoms with Crippen LogP contribution in [0.3, 0.4) is 0 Å². The number of likely N-dealkylation sites (N-methyl/N-ethyl adjacent to an activating group) is 2. The number of hydrogen-bond acceptors (Lipinski definition) is 4. The summed E-state index contributed by atoms with van der Waals surface area (Å²) in [6.07, 6.45) is 3.62. The molecular weight excluding hydrogens is 467 g/mol. The second-order valence-corrected chi connectivity index (χ2v) is 6.96. The summed E-state index contributed by atoms with van der Waals surface area (Å²) in [5.74, 6) is 2.52. The van der Waals surface area contributed by atoms with E-state index >= 15 is 0 Å². The maximum Gasteiger partial charge on any atom is 0.193 e. The summed E-state index contributed by atoms with van der Waals surface area (Å²) >= 11 is 0. The SMILES string of the molecule is CCNC(=NCCN(CC)C1CC1)N(C)CCc1ccc(OC)c(OC)c1.I. The molecule has 0 radical (unpaired) electrons. The van der Waals surface area contributed by atoms with Crippen molar-refractivity contribution in [3.63, 3.8) is 0 Å². The molecule has 0 aliphatic heterocycles. The molecule has 1 N–H and O–H groups in total. The average molecular weight is 504 g/mol. The zero-order chi connectivity index (χ0) is 19.6. The quantitative estimate of drug-likeness (QED) is 0.285. The molecule has 2 rings (SSSR count). The van der Waals surface area contributed by atoms with Crippen molar-refractivity contribution in [1.29, 1.82) is 0 Å². The van der Waals surface area contributed by atoms with Crippen LogP contribution < -0.4 is 14.8 Å². The molecular formula is C21H37IN4O2. The largest absolute Gasteiger partial charge is 0.493 e. The number of benzene rings is 1. The Morgan fingerprint density at radius 2 is 1.86 bits per heavy atom. The zero-order valence-electron chi connectivity index (χ0n) is 18.0. The molecule has 1 aromatic rings. The van der Waals surface area contributed by atoms with Crippen LogP contribution in [0.25, 0.3) is 0 Å². The van der Waals surface area contributed by atoms with Gasteiger partial charge in [0.1, 0.15) is 0 Å². The third kappa shape index (κ3) is 7.66. The maximum absolute atomic E-state index is 5.40. The Kier molecular flexibility index (Phi) is 11.6. The number of hydrogen-bond donors (Lipinski definition) is 1.